The average molecular weight is 311 g/mol. The lowest BCUT2D eigenvalue weighted by atomic mass is 10.1. The van der Waals surface area contributed by atoms with E-state index in [1.54, 1.807) is 13.0 Å². The summed E-state index contributed by atoms with van der Waals surface area (Å²) in [6.45, 7) is 5.93. The maximum absolute atomic E-state index is 13.3. The summed E-state index contributed by atoms with van der Waals surface area (Å²) < 4.78 is 18.9. The van der Waals surface area contributed by atoms with E-state index in [2.05, 4.69) is 11.4 Å². The molecule has 1 N–H and O–H groups in total. The van der Waals surface area contributed by atoms with E-state index >= 15 is 0 Å². The van der Waals surface area contributed by atoms with Gasteiger partial charge in [-0.15, -0.1) is 0 Å². The summed E-state index contributed by atoms with van der Waals surface area (Å²) in [6, 6.07) is 10.3. The second-order valence-corrected chi connectivity index (χ2v) is 5.79. The van der Waals surface area contributed by atoms with Crippen molar-refractivity contribution in [1.29, 1.82) is 0 Å². The van der Waals surface area contributed by atoms with Gasteiger partial charge in [-0.25, -0.2) is 4.39 Å². The highest BCUT2D eigenvalue weighted by molar-refractivity contribution is 6.02. The molecule has 0 bridgehead atoms. The molecule has 2 aromatic carbocycles. The molecule has 1 aromatic heterocycles. The zero-order chi connectivity index (χ0) is 16.6. The van der Waals surface area contributed by atoms with Crippen molar-refractivity contribution < 1.29 is 13.6 Å². The van der Waals surface area contributed by atoms with Gasteiger partial charge in [-0.3, -0.25) is 4.79 Å². The third-order valence-corrected chi connectivity index (χ3v) is 3.97. The topological polar surface area (TPSA) is 42.2 Å². The van der Waals surface area contributed by atoms with Gasteiger partial charge in [-0.1, -0.05) is 17.7 Å². The standard InChI is InChI=1S/C19H18FNO2/c1-11-4-6-16(12(2)8-11)21-10-17(22)19-13(3)15-9-14(20)5-7-18(15)23-19/h4-9,21H,10H2,1-3H3. The Bertz CT molecular complexity index is 896. The number of Topliss-reactive ketones (excluding diaryl/α,β-unsaturated/α-hetero) is 1. The van der Waals surface area contributed by atoms with Crippen molar-refractivity contribution in [1.82, 2.24) is 0 Å². The summed E-state index contributed by atoms with van der Waals surface area (Å²) in [5.41, 5.74) is 4.38. The van der Waals surface area contributed by atoms with E-state index in [9.17, 15) is 9.18 Å². The predicted molar refractivity (Wildman–Crippen MR) is 89.6 cm³/mol. The number of carbonyl (C=O) groups excluding carboxylic acids is 1. The molecule has 3 aromatic rings. The molecule has 0 aliphatic carbocycles. The SMILES string of the molecule is Cc1ccc(NCC(=O)c2oc3ccc(F)cc3c2C)c(C)c1. The molecule has 3 nitrogen and oxygen atoms in total. The second-order valence-electron chi connectivity index (χ2n) is 5.79. The van der Waals surface area contributed by atoms with E-state index in [4.69, 9.17) is 4.42 Å². The van der Waals surface area contributed by atoms with Gasteiger partial charge in [0.05, 0.1) is 6.54 Å². The van der Waals surface area contributed by atoms with Gasteiger partial charge >= 0.3 is 0 Å². The third kappa shape index (κ3) is 2.97. The van der Waals surface area contributed by atoms with Gasteiger partial charge in [0.1, 0.15) is 11.4 Å². The number of benzene rings is 2. The number of hydrogen-bond acceptors (Lipinski definition) is 3. The minimum absolute atomic E-state index is 0.132. The number of hydrogen-bond donors (Lipinski definition) is 1. The number of halogens is 1. The van der Waals surface area contributed by atoms with Crippen molar-refractivity contribution in [3.05, 3.63) is 64.7 Å². The number of fused-ring (bicyclic) bond motifs is 1. The van der Waals surface area contributed by atoms with E-state index in [1.165, 1.54) is 17.7 Å². The first-order chi connectivity index (χ1) is 11.0. The number of nitrogens with one attached hydrogen (secondary N) is 1. The fourth-order valence-corrected chi connectivity index (χ4v) is 2.73. The Labute approximate surface area is 134 Å². The quantitative estimate of drug-likeness (QED) is 0.704. The lowest BCUT2D eigenvalue weighted by Gasteiger charge is -2.09. The highest BCUT2D eigenvalue weighted by Gasteiger charge is 2.18. The fraction of sp³-hybridized carbons (Fsp3) is 0.211. The van der Waals surface area contributed by atoms with E-state index in [1.807, 2.05) is 26.0 Å². The average Bonchev–Trinajstić information content (AvgIpc) is 2.83. The molecule has 0 amide bonds. The van der Waals surface area contributed by atoms with Crippen LogP contribution in [0.4, 0.5) is 10.1 Å². The predicted octanol–water partition coefficient (Wildman–Crippen LogP) is 4.79. The molecule has 3 rings (SSSR count). The van der Waals surface area contributed by atoms with Crippen LogP contribution in [0.2, 0.25) is 0 Å². The third-order valence-electron chi connectivity index (χ3n) is 3.97. The van der Waals surface area contributed by atoms with E-state index in [-0.39, 0.29) is 23.9 Å². The zero-order valence-electron chi connectivity index (χ0n) is 13.4. The van der Waals surface area contributed by atoms with E-state index in [0.29, 0.717) is 16.5 Å². The van der Waals surface area contributed by atoms with Crippen LogP contribution in [0.25, 0.3) is 11.0 Å². The van der Waals surface area contributed by atoms with Crippen molar-refractivity contribution in [2.24, 2.45) is 0 Å². The van der Waals surface area contributed by atoms with Crippen LogP contribution in [0.1, 0.15) is 27.2 Å². The first-order valence-corrected chi connectivity index (χ1v) is 7.48. The minimum Gasteiger partial charge on any atom is -0.453 e. The first kappa shape index (κ1) is 15.3. The monoisotopic (exact) mass is 311 g/mol. The molecule has 0 unspecified atom stereocenters. The molecule has 0 fully saturated rings. The van der Waals surface area contributed by atoms with Crippen LogP contribution in [-0.2, 0) is 0 Å². The molecule has 1 heterocycles. The van der Waals surface area contributed by atoms with Crippen LogP contribution in [0, 0.1) is 26.6 Å². The van der Waals surface area contributed by atoms with Crippen molar-refractivity contribution in [2.45, 2.75) is 20.8 Å². The normalized spacial score (nSPS) is 11.0. The Morgan fingerprint density at radius 2 is 1.91 bits per heavy atom. The van der Waals surface area contributed by atoms with Gasteiger partial charge in [0.15, 0.2) is 5.76 Å². The molecule has 0 aliphatic heterocycles. The van der Waals surface area contributed by atoms with Crippen LogP contribution in [0.5, 0.6) is 0 Å². The van der Waals surface area contributed by atoms with Gasteiger partial charge < -0.3 is 9.73 Å². The summed E-state index contributed by atoms with van der Waals surface area (Å²) in [6.07, 6.45) is 0. The zero-order valence-corrected chi connectivity index (χ0v) is 13.4. The van der Waals surface area contributed by atoms with E-state index in [0.717, 1.165) is 11.3 Å². The lowest BCUT2D eigenvalue weighted by molar-refractivity contribution is 0.0981. The van der Waals surface area contributed by atoms with Crippen LogP contribution in [0.15, 0.2) is 40.8 Å². The fourth-order valence-electron chi connectivity index (χ4n) is 2.73. The van der Waals surface area contributed by atoms with Crippen molar-refractivity contribution in [2.75, 3.05) is 11.9 Å². The van der Waals surface area contributed by atoms with Crippen LogP contribution >= 0.6 is 0 Å². The Balaban J connectivity index is 1.82. The molecule has 0 saturated carbocycles. The molecule has 0 saturated heterocycles. The molecule has 118 valence electrons. The Hall–Kier alpha value is -2.62. The van der Waals surface area contributed by atoms with Crippen LogP contribution in [-0.4, -0.2) is 12.3 Å². The Kier molecular flexibility index (Phi) is 3.90. The van der Waals surface area contributed by atoms with Crippen molar-refractivity contribution in [3.63, 3.8) is 0 Å². The summed E-state index contributed by atoms with van der Waals surface area (Å²) >= 11 is 0. The smallest absolute Gasteiger partial charge is 0.217 e. The maximum Gasteiger partial charge on any atom is 0.217 e. The summed E-state index contributed by atoms with van der Waals surface area (Å²) in [5.74, 6) is -0.212. The molecule has 0 spiro atoms. The molecule has 23 heavy (non-hydrogen) atoms. The largest absolute Gasteiger partial charge is 0.453 e. The number of rotatable bonds is 4. The summed E-state index contributed by atoms with van der Waals surface area (Å²) in [4.78, 5) is 12.4. The van der Waals surface area contributed by atoms with Crippen molar-refractivity contribution >= 4 is 22.4 Å². The van der Waals surface area contributed by atoms with E-state index < -0.39 is 0 Å². The molecule has 0 atom stereocenters. The minimum atomic E-state index is -0.339. The lowest BCUT2D eigenvalue weighted by Crippen LogP contribution is -2.14. The Morgan fingerprint density at radius 3 is 2.65 bits per heavy atom. The van der Waals surface area contributed by atoms with Gasteiger partial charge in [-0.2, -0.15) is 0 Å². The maximum atomic E-state index is 13.3. The highest BCUT2D eigenvalue weighted by atomic mass is 19.1. The second kappa shape index (κ2) is 5.88. The van der Waals surface area contributed by atoms with Crippen LogP contribution < -0.4 is 5.32 Å². The molecular formula is C19H18FNO2. The number of carbonyl (C=O) groups is 1. The number of furan rings is 1. The van der Waals surface area contributed by atoms with Gasteiger partial charge in [-0.05, 0) is 50.6 Å². The molecule has 0 radical (unpaired) electrons. The summed E-state index contributed by atoms with van der Waals surface area (Å²) in [5, 5.41) is 3.78. The summed E-state index contributed by atoms with van der Waals surface area (Å²) in [7, 11) is 0. The highest BCUT2D eigenvalue weighted by Crippen LogP contribution is 2.26. The van der Waals surface area contributed by atoms with Gasteiger partial charge in [0.2, 0.25) is 5.78 Å². The molecule has 4 heteroatoms. The molecule has 0 aliphatic rings. The van der Waals surface area contributed by atoms with Crippen molar-refractivity contribution in [3.8, 4) is 0 Å². The first-order valence-electron chi connectivity index (χ1n) is 7.48. The number of aryl methyl sites for hydroxylation is 3. The Morgan fingerprint density at radius 1 is 1.13 bits per heavy atom. The van der Waals surface area contributed by atoms with Crippen LogP contribution in [0.3, 0.4) is 0 Å². The number of ketones is 1. The molecular weight excluding hydrogens is 293 g/mol. The van der Waals surface area contributed by atoms with Gasteiger partial charge in [0.25, 0.3) is 0 Å². The number of anilines is 1. The van der Waals surface area contributed by atoms with Gasteiger partial charge in [0, 0.05) is 16.6 Å².